The van der Waals surface area contributed by atoms with Crippen molar-refractivity contribution in [3.05, 3.63) is 82.0 Å². The lowest BCUT2D eigenvalue weighted by Crippen LogP contribution is -2.31. The first-order valence-electron chi connectivity index (χ1n) is 11.8. The molecule has 3 aromatic rings. The molecule has 2 aromatic carbocycles. The number of carbonyl (C=O) groups is 2. The van der Waals surface area contributed by atoms with E-state index in [1.807, 2.05) is 24.3 Å². The van der Waals surface area contributed by atoms with Gasteiger partial charge in [0.15, 0.2) is 5.69 Å². The van der Waals surface area contributed by atoms with E-state index in [-0.39, 0.29) is 24.5 Å². The molecule has 11 heteroatoms. The number of carboxylic acids is 1. The highest BCUT2D eigenvalue weighted by Gasteiger charge is 2.44. The number of nitrogens with one attached hydrogen (secondary N) is 1. The summed E-state index contributed by atoms with van der Waals surface area (Å²) in [6.45, 7) is 2.06. The third-order valence-corrected chi connectivity index (χ3v) is 6.30. The molecule has 4 rings (SSSR count). The molecule has 0 unspecified atom stereocenters. The van der Waals surface area contributed by atoms with Gasteiger partial charge in [-0.1, -0.05) is 36.4 Å². The molecule has 1 amide bonds. The Morgan fingerprint density at radius 3 is 2.30 bits per heavy atom. The third kappa shape index (κ3) is 5.76. The lowest BCUT2D eigenvalue weighted by atomic mass is 10.1. The van der Waals surface area contributed by atoms with Gasteiger partial charge in [0.05, 0.1) is 24.8 Å². The van der Waals surface area contributed by atoms with E-state index in [1.165, 1.54) is 28.9 Å². The van der Waals surface area contributed by atoms with Crippen LogP contribution in [0, 0.1) is 0 Å². The second kappa shape index (κ2) is 10.6. The molecule has 2 heterocycles. The summed E-state index contributed by atoms with van der Waals surface area (Å²) in [6, 6.07) is 12.5. The van der Waals surface area contributed by atoms with Crippen molar-refractivity contribution in [2.75, 3.05) is 18.1 Å². The van der Waals surface area contributed by atoms with Crippen molar-refractivity contribution >= 4 is 17.7 Å². The average molecular weight is 519 g/mol. The lowest BCUT2D eigenvalue weighted by Gasteiger charge is -2.21. The Morgan fingerprint density at radius 1 is 1.05 bits per heavy atom. The van der Waals surface area contributed by atoms with Gasteiger partial charge in [-0.25, -0.2) is 9.48 Å². The minimum absolute atomic E-state index is 0.0576. The van der Waals surface area contributed by atoms with Crippen molar-refractivity contribution in [1.29, 1.82) is 0 Å². The number of aromatic carboxylic acids is 1. The number of rotatable bonds is 9. The van der Waals surface area contributed by atoms with Crippen LogP contribution in [0.15, 0.2) is 48.5 Å². The van der Waals surface area contributed by atoms with Gasteiger partial charge in [-0.15, -0.1) is 0 Å². The Balaban J connectivity index is 1.59. The molecule has 0 saturated carbocycles. The fourth-order valence-corrected chi connectivity index (χ4v) is 4.38. The van der Waals surface area contributed by atoms with E-state index in [0.29, 0.717) is 24.9 Å². The zero-order chi connectivity index (χ0) is 26.7. The van der Waals surface area contributed by atoms with Crippen molar-refractivity contribution in [2.45, 2.75) is 45.1 Å². The van der Waals surface area contributed by atoms with Crippen LogP contribution in [0.4, 0.5) is 23.4 Å². The fourth-order valence-electron chi connectivity index (χ4n) is 4.38. The standard InChI is InChI=1S/C26H26F4N4O3/c1-16(19-8-10-20(11-9-19)25(36)37)31-23(35)21-22(26(28,29)30)32-34-14-13-33(24(21)34)15-18-6-4-17(5-7-18)3-2-12-27/h4-11,16H,2-3,12-15H2,1H3,(H,31,35)(H,36,37)/t16-/m0/s1. The summed E-state index contributed by atoms with van der Waals surface area (Å²) in [5, 5.41) is 15.4. The van der Waals surface area contributed by atoms with Gasteiger partial charge < -0.3 is 15.3 Å². The smallest absolute Gasteiger partial charge is 0.436 e. The predicted molar refractivity (Wildman–Crippen MR) is 128 cm³/mol. The first-order chi connectivity index (χ1) is 17.6. The van der Waals surface area contributed by atoms with Crippen LogP contribution in [0.5, 0.6) is 0 Å². The van der Waals surface area contributed by atoms with Crippen molar-refractivity contribution in [2.24, 2.45) is 0 Å². The van der Waals surface area contributed by atoms with Gasteiger partial charge in [-0.05, 0) is 48.6 Å². The number of carboxylic acid groups (broad SMARTS) is 1. The average Bonchev–Trinajstić information content (AvgIpc) is 3.44. The maximum atomic E-state index is 13.9. The number of aryl methyl sites for hydroxylation is 1. The first-order valence-corrected chi connectivity index (χ1v) is 11.8. The van der Waals surface area contributed by atoms with Crippen LogP contribution < -0.4 is 10.2 Å². The lowest BCUT2D eigenvalue weighted by molar-refractivity contribution is -0.141. The first kappa shape index (κ1) is 26.2. The topological polar surface area (TPSA) is 87.5 Å². The number of anilines is 1. The molecule has 0 bridgehead atoms. The number of nitrogens with zero attached hydrogens (tertiary/aromatic N) is 3. The molecule has 7 nitrogen and oxygen atoms in total. The van der Waals surface area contributed by atoms with Crippen molar-refractivity contribution in [1.82, 2.24) is 15.1 Å². The van der Waals surface area contributed by atoms with E-state index < -0.39 is 42.0 Å². The van der Waals surface area contributed by atoms with Crippen LogP contribution in [-0.4, -0.2) is 40.0 Å². The van der Waals surface area contributed by atoms with Gasteiger partial charge in [0.2, 0.25) is 0 Å². The van der Waals surface area contributed by atoms with Crippen molar-refractivity contribution < 1.29 is 32.3 Å². The largest absolute Gasteiger partial charge is 0.478 e. The molecule has 196 valence electrons. The number of benzene rings is 2. The molecule has 1 aliphatic heterocycles. The van der Waals surface area contributed by atoms with E-state index >= 15 is 0 Å². The molecule has 2 N–H and O–H groups in total. The van der Waals surface area contributed by atoms with E-state index in [2.05, 4.69) is 10.4 Å². The highest BCUT2D eigenvalue weighted by atomic mass is 19.4. The number of hydrogen-bond donors (Lipinski definition) is 2. The molecular formula is C26H26F4N4O3. The van der Waals surface area contributed by atoms with E-state index in [1.54, 1.807) is 11.8 Å². The summed E-state index contributed by atoms with van der Waals surface area (Å²) in [6.07, 6.45) is -3.81. The van der Waals surface area contributed by atoms with Gasteiger partial charge in [0, 0.05) is 13.1 Å². The minimum Gasteiger partial charge on any atom is -0.478 e. The third-order valence-electron chi connectivity index (χ3n) is 6.30. The van der Waals surface area contributed by atoms with Crippen LogP contribution in [0.25, 0.3) is 0 Å². The van der Waals surface area contributed by atoms with Crippen LogP contribution in [0.1, 0.15) is 62.5 Å². The van der Waals surface area contributed by atoms with Crippen LogP contribution in [-0.2, 0) is 25.7 Å². The molecule has 37 heavy (non-hydrogen) atoms. The zero-order valence-electron chi connectivity index (χ0n) is 20.1. The second-order valence-corrected chi connectivity index (χ2v) is 8.92. The van der Waals surface area contributed by atoms with Gasteiger partial charge in [0.25, 0.3) is 5.91 Å². The second-order valence-electron chi connectivity index (χ2n) is 8.92. The van der Waals surface area contributed by atoms with E-state index in [9.17, 15) is 27.2 Å². The molecule has 1 aromatic heterocycles. The number of carbonyl (C=O) groups excluding carboxylic acids is 1. The zero-order valence-corrected chi connectivity index (χ0v) is 20.1. The van der Waals surface area contributed by atoms with Crippen LogP contribution >= 0.6 is 0 Å². The summed E-state index contributed by atoms with van der Waals surface area (Å²) in [4.78, 5) is 26.0. The number of hydrogen-bond acceptors (Lipinski definition) is 4. The number of halogens is 4. The van der Waals surface area contributed by atoms with Gasteiger partial charge in [-0.2, -0.15) is 18.3 Å². The molecule has 0 saturated heterocycles. The van der Waals surface area contributed by atoms with Crippen LogP contribution in [0.3, 0.4) is 0 Å². The predicted octanol–water partition coefficient (Wildman–Crippen LogP) is 5.01. The van der Waals surface area contributed by atoms with Gasteiger partial charge in [0.1, 0.15) is 11.4 Å². The van der Waals surface area contributed by atoms with E-state index in [4.69, 9.17) is 5.11 Å². The summed E-state index contributed by atoms with van der Waals surface area (Å²) in [5.74, 6) is -1.93. The Kier molecular flexibility index (Phi) is 7.51. The molecule has 0 radical (unpaired) electrons. The number of amides is 1. The molecule has 0 aliphatic carbocycles. The Bertz CT molecular complexity index is 1270. The minimum atomic E-state index is -4.83. The molecule has 0 fully saturated rings. The van der Waals surface area contributed by atoms with Crippen molar-refractivity contribution in [3.63, 3.8) is 0 Å². The Morgan fingerprint density at radius 2 is 1.70 bits per heavy atom. The fraction of sp³-hybridized carbons (Fsp3) is 0.346. The molecule has 0 spiro atoms. The van der Waals surface area contributed by atoms with Crippen molar-refractivity contribution in [3.8, 4) is 0 Å². The molecular weight excluding hydrogens is 492 g/mol. The SMILES string of the molecule is C[C@H](NC(=O)c1c(C(F)(F)F)nn2c1N(Cc1ccc(CCCF)cc1)CC2)c1ccc(C(=O)O)cc1. The normalized spacial score (nSPS) is 13.9. The highest BCUT2D eigenvalue weighted by Crippen LogP contribution is 2.38. The van der Waals surface area contributed by atoms with Gasteiger partial charge >= 0.3 is 12.1 Å². The molecule has 1 aliphatic rings. The molecule has 1 atom stereocenters. The summed E-state index contributed by atoms with van der Waals surface area (Å²) in [7, 11) is 0. The number of alkyl halides is 4. The number of fused-ring (bicyclic) bond motifs is 1. The monoisotopic (exact) mass is 518 g/mol. The Labute approximate surface area is 210 Å². The Hall–Kier alpha value is -3.89. The van der Waals surface area contributed by atoms with E-state index in [0.717, 1.165) is 11.1 Å². The highest BCUT2D eigenvalue weighted by molar-refractivity contribution is 6.01. The maximum absolute atomic E-state index is 13.9. The summed E-state index contributed by atoms with van der Waals surface area (Å²) in [5.41, 5.74) is 0.615. The number of aromatic nitrogens is 2. The summed E-state index contributed by atoms with van der Waals surface area (Å²) < 4.78 is 55.3. The summed E-state index contributed by atoms with van der Waals surface area (Å²) >= 11 is 0. The van der Waals surface area contributed by atoms with Gasteiger partial charge in [-0.3, -0.25) is 9.18 Å². The maximum Gasteiger partial charge on any atom is 0.436 e. The van der Waals surface area contributed by atoms with Crippen LogP contribution in [0.2, 0.25) is 0 Å². The quantitative estimate of drug-likeness (QED) is 0.389.